The number of likely N-dealkylation sites (N-methyl/N-ethyl adjacent to an activating group) is 1. The fraction of sp³-hybridized carbons (Fsp3) is 0.318. The Hall–Kier alpha value is -3.13. The average Bonchev–Trinajstić information content (AvgIpc) is 2.73. The third-order valence-corrected chi connectivity index (χ3v) is 4.42. The number of ether oxygens (including phenoxy) is 3. The third-order valence-electron chi connectivity index (χ3n) is 4.42. The molecule has 1 N–H and O–H groups in total. The van der Waals surface area contributed by atoms with E-state index in [-0.39, 0.29) is 23.4 Å². The Morgan fingerprint density at radius 2 is 1.77 bits per heavy atom. The van der Waals surface area contributed by atoms with E-state index in [0.717, 1.165) is 11.3 Å². The van der Waals surface area contributed by atoms with E-state index in [1.165, 1.54) is 25.3 Å². The highest BCUT2D eigenvalue weighted by Gasteiger charge is 2.15. The van der Waals surface area contributed by atoms with Gasteiger partial charge in [-0.3, -0.25) is 4.79 Å². The van der Waals surface area contributed by atoms with Crippen molar-refractivity contribution in [2.75, 3.05) is 34.9 Å². The van der Waals surface area contributed by atoms with E-state index in [1.807, 2.05) is 43.3 Å². The second kappa shape index (κ2) is 11.2. The smallest absolute Gasteiger partial charge is 0.387 e. The molecule has 1 amide bonds. The lowest BCUT2D eigenvalue weighted by atomic mass is 10.1. The predicted octanol–water partition coefficient (Wildman–Crippen LogP) is 3.74. The van der Waals surface area contributed by atoms with Gasteiger partial charge in [0.25, 0.3) is 0 Å². The van der Waals surface area contributed by atoms with Gasteiger partial charge in [-0.15, -0.1) is 0 Å². The van der Waals surface area contributed by atoms with Gasteiger partial charge in [0.2, 0.25) is 5.91 Å². The van der Waals surface area contributed by atoms with E-state index in [2.05, 4.69) is 10.1 Å². The minimum absolute atomic E-state index is 0.0147. The number of carbonyl (C=O) groups is 1. The summed E-state index contributed by atoms with van der Waals surface area (Å²) in [5, 5.41) is 2.87. The van der Waals surface area contributed by atoms with Crippen LogP contribution >= 0.6 is 0 Å². The van der Waals surface area contributed by atoms with E-state index >= 15 is 0 Å². The van der Waals surface area contributed by atoms with Gasteiger partial charge in [0.15, 0.2) is 11.5 Å². The van der Waals surface area contributed by atoms with Crippen molar-refractivity contribution in [1.82, 2.24) is 10.2 Å². The lowest BCUT2D eigenvalue weighted by Gasteiger charge is -2.25. The number of hydrogen-bond acceptors (Lipinski definition) is 5. The van der Waals surface area contributed by atoms with Crippen LogP contribution in [0.4, 0.5) is 8.78 Å². The van der Waals surface area contributed by atoms with Gasteiger partial charge in [0, 0.05) is 12.6 Å². The Morgan fingerprint density at radius 1 is 1.07 bits per heavy atom. The van der Waals surface area contributed by atoms with E-state index in [1.54, 1.807) is 19.3 Å². The van der Waals surface area contributed by atoms with Crippen LogP contribution in [0.3, 0.4) is 0 Å². The number of nitrogens with one attached hydrogen (secondary N) is 1. The lowest BCUT2D eigenvalue weighted by Crippen LogP contribution is -2.33. The van der Waals surface area contributed by atoms with Crippen molar-refractivity contribution >= 4 is 12.0 Å². The molecule has 2 aromatic rings. The summed E-state index contributed by atoms with van der Waals surface area (Å²) in [6, 6.07) is 12.1. The number of amides is 1. The van der Waals surface area contributed by atoms with Gasteiger partial charge in [0.05, 0.1) is 20.3 Å². The van der Waals surface area contributed by atoms with Crippen molar-refractivity contribution in [2.24, 2.45) is 0 Å². The Morgan fingerprint density at radius 3 is 2.33 bits per heavy atom. The molecule has 0 saturated carbocycles. The summed E-state index contributed by atoms with van der Waals surface area (Å²) in [4.78, 5) is 14.3. The van der Waals surface area contributed by atoms with Crippen molar-refractivity contribution in [2.45, 2.75) is 12.7 Å². The number of benzene rings is 2. The maximum absolute atomic E-state index is 12.4. The number of alkyl halides is 2. The Labute approximate surface area is 175 Å². The van der Waals surface area contributed by atoms with E-state index < -0.39 is 6.61 Å². The highest BCUT2D eigenvalue weighted by Crippen LogP contribution is 2.29. The fourth-order valence-electron chi connectivity index (χ4n) is 2.83. The summed E-state index contributed by atoms with van der Waals surface area (Å²) in [6.45, 7) is -2.53. The van der Waals surface area contributed by atoms with E-state index in [4.69, 9.17) is 9.47 Å². The number of hydrogen-bond donors (Lipinski definition) is 1. The zero-order valence-corrected chi connectivity index (χ0v) is 17.4. The molecule has 0 saturated heterocycles. The first-order valence-corrected chi connectivity index (χ1v) is 9.23. The number of halogens is 2. The summed E-state index contributed by atoms with van der Waals surface area (Å²) < 4.78 is 39.4. The van der Waals surface area contributed by atoms with Gasteiger partial charge in [-0.2, -0.15) is 8.78 Å². The lowest BCUT2D eigenvalue weighted by molar-refractivity contribution is -0.116. The van der Waals surface area contributed by atoms with Gasteiger partial charge in [0.1, 0.15) is 5.75 Å². The van der Waals surface area contributed by atoms with Crippen LogP contribution in [0.2, 0.25) is 0 Å². The van der Waals surface area contributed by atoms with E-state index in [9.17, 15) is 13.6 Å². The minimum atomic E-state index is -2.94. The van der Waals surface area contributed by atoms with Crippen LogP contribution in [0.25, 0.3) is 6.08 Å². The minimum Gasteiger partial charge on any atom is -0.497 e. The molecule has 0 spiro atoms. The molecule has 0 fully saturated rings. The molecule has 30 heavy (non-hydrogen) atoms. The SMILES string of the molecule is COc1ccc(C(CNC(=O)/C=C/c2ccc(OC(F)F)c(OC)c2)N(C)C)cc1. The Bertz CT molecular complexity index is 855. The molecule has 0 aromatic heterocycles. The zero-order chi connectivity index (χ0) is 22.1. The maximum Gasteiger partial charge on any atom is 0.387 e. The van der Waals surface area contributed by atoms with Gasteiger partial charge < -0.3 is 24.4 Å². The second-order valence-electron chi connectivity index (χ2n) is 6.62. The van der Waals surface area contributed by atoms with Crippen LogP contribution < -0.4 is 19.5 Å². The predicted molar refractivity (Wildman–Crippen MR) is 111 cm³/mol. The van der Waals surface area contributed by atoms with Gasteiger partial charge in [-0.05, 0) is 55.6 Å². The zero-order valence-electron chi connectivity index (χ0n) is 17.4. The first kappa shape index (κ1) is 23.2. The van der Waals surface area contributed by atoms with Crippen molar-refractivity contribution in [3.63, 3.8) is 0 Å². The van der Waals surface area contributed by atoms with Crippen molar-refractivity contribution in [3.8, 4) is 17.2 Å². The Balaban J connectivity index is 2.00. The summed E-state index contributed by atoms with van der Waals surface area (Å²) in [5.74, 6) is 0.582. The van der Waals surface area contributed by atoms with Crippen LogP contribution in [-0.2, 0) is 4.79 Å². The molecule has 0 aliphatic heterocycles. The number of nitrogens with zero attached hydrogens (tertiary/aromatic N) is 1. The van der Waals surface area contributed by atoms with Gasteiger partial charge in [-0.25, -0.2) is 0 Å². The highest BCUT2D eigenvalue weighted by molar-refractivity contribution is 5.91. The van der Waals surface area contributed by atoms with Crippen LogP contribution in [0.5, 0.6) is 17.2 Å². The van der Waals surface area contributed by atoms with Gasteiger partial charge in [-0.1, -0.05) is 18.2 Å². The van der Waals surface area contributed by atoms with Crippen molar-refractivity contribution in [3.05, 3.63) is 59.7 Å². The van der Waals surface area contributed by atoms with E-state index in [0.29, 0.717) is 12.1 Å². The monoisotopic (exact) mass is 420 g/mol. The number of rotatable bonds is 10. The molecule has 0 heterocycles. The molecule has 1 atom stereocenters. The fourth-order valence-corrected chi connectivity index (χ4v) is 2.83. The second-order valence-corrected chi connectivity index (χ2v) is 6.62. The van der Waals surface area contributed by atoms with Gasteiger partial charge >= 0.3 is 6.61 Å². The molecule has 0 radical (unpaired) electrons. The maximum atomic E-state index is 12.4. The molecular weight excluding hydrogens is 394 g/mol. The third kappa shape index (κ3) is 6.73. The largest absolute Gasteiger partial charge is 0.497 e. The molecule has 0 bridgehead atoms. The quantitative estimate of drug-likeness (QED) is 0.594. The first-order valence-electron chi connectivity index (χ1n) is 9.23. The topological polar surface area (TPSA) is 60.0 Å². The van der Waals surface area contributed by atoms with Crippen molar-refractivity contribution in [1.29, 1.82) is 0 Å². The first-order chi connectivity index (χ1) is 14.3. The molecule has 1 unspecified atom stereocenters. The van der Waals surface area contributed by atoms with Crippen LogP contribution in [0, 0.1) is 0 Å². The summed E-state index contributed by atoms with van der Waals surface area (Å²) in [5.41, 5.74) is 1.66. The molecule has 2 rings (SSSR count). The molecular formula is C22H26F2N2O4. The van der Waals surface area contributed by atoms with Crippen LogP contribution in [-0.4, -0.2) is 52.3 Å². The molecule has 8 heteroatoms. The number of methoxy groups -OCH3 is 2. The summed E-state index contributed by atoms with van der Waals surface area (Å²) in [7, 11) is 6.84. The molecule has 0 aliphatic carbocycles. The average molecular weight is 420 g/mol. The summed E-state index contributed by atoms with van der Waals surface area (Å²) >= 11 is 0. The standard InChI is InChI=1S/C22H26F2N2O4/c1-26(2)18(16-7-9-17(28-3)10-8-16)14-25-21(27)12-6-15-5-11-19(30-22(23)24)20(13-15)29-4/h5-13,18,22H,14H2,1-4H3,(H,25,27)/b12-6+. The molecule has 0 aliphatic rings. The molecule has 6 nitrogen and oxygen atoms in total. The number of carbonyl (C=O) groups excluding carboxylic acids is 1. The molecule has 2 aromatic carbocycles. The van der Waals surface area contributed by atoms with Crippen LogP contribution in [0.15, 0.2) is 48.5 Å². The summed E-state index contributed by atoms with van der Waals surface area (Å²) in [6.07, 6.45) is 2.95. The highest BCUT2D eigenvalue weighted by atomic mass is 19.3. The molecule has 162 valence electrons. The Kier molecular flexibility index (Phi) is 8.61. The van der Waals surface area contributed by atoms with Crippen LogP contribution in [0.1, 0.15) is 17.2 Å². The normalized spacial score (nSPS) is 12.3. The van der Waals surface area contributed by atoms with Crippen molar-refractivity contribution < 1.29 is 27.8 Å².